The zero-order valence-corrected chi connectivity index (χ0v) is 62.4. The van der Waals surface area contributed by atoms with E-state index in [2.05, 4.69) is 39.8 Å². The monoisotopic (exact) mass is 1280 g/mol. The second kappa shape index (κ2) is 80.9. The molecule has 0 rings (SSSR count). The van der Waals surface area contributed by atoms with Crippen LogP contribution in [0.4, 0.5) is 0 Å². The minimum Gasteiger partial charge on any atom is -0.481 e. The van der Waals surface area contributed by atoms with Gasteiger partial charge in [0.25, 0.3) is 0 Å². The first kappa shape index (κ1) is 91.8. The van der Waals surface area contributed by atoms with Crippen molar-refractivity contribution >= 4 is 61.6 Å². The molecule has 0 aliphatic carbocycles. The molecule has 8 nitrogen and oxygen atoms in total. The topological polar surface area (TPSA) is 127 Å². The van der Waals surface area contributed by atoms with E-state index in [0.29, 0.717) is 26.1 Å². The summed E-state index contributed by atoms with van der Waals surface area (Å²) in [5, 5.41) is 18.5. The van der Waals surface area contributed by atoms with Crippen molar-refractivity contribution in [2.45, 2.75) is 439 Å². The number of ether oxygens (including phenoxy) is 2. The second-order valence-corrected chi connectivity index (χ2v) is 27.0. The predicted molar refractivity (Wildman–Crippen MR) is 386 cm³/mol. The van der Waals surface area contributed by atoms with Gasteiger partial charge in [-0.25, -0.2) is 0 Å². The summed E-state index contributed by atoms with van der Waals surface area (Å²) in [7, 11) is 0. The first-order valence-electron chi connectivity index (χ1n) is 39.3. The summed E-state index contributed by atoms with van der Waals surface area (Å²) < 4.78 is 10.9. The molecule has 89 heavy (non-hydrogen) atoms. The minimum atomic E-state index is -0.931. The Morgan fingerprint density at radius 1 is 0.258 bits per heavy atom. The average molecular weight is 1280 g/mol. The Balaban J connectivity index is -0.00000164. The van der Waals surface area contributed by atoms with Crippen LogP contribution in [0.25, 0.3) is 0 Å². The van der Waals surface area contributed by atoms with E-state index in [1.807, 2.05) is 12.2 Å². The minimum absolute atomic E-state index is 0. The summed E-state index contributed by atoms with van der Waals surface area (Å²) in [4.78, 5) is 47.6. The molecule has 0 aromatic heterocycles. The Morgan fingerprint density at radius 2 is 0.427 bits per heavy atom. The van der Waals surface area contributed by atoms with Crippen molar-refractivity contribution < 1.29 is 38.9 Å². The number of hydrogen-bond donors (Lipinski definition) is 2. The SMILES string of the molecule is CCCCCCCCCCCCCCCC=CCC(CC(=O)O)C(=O)OCCCCCCCCCCCCCCCCCC.CCCCCCCCCCCCCCCC=CCC(CC(=O)O)C(=O)OCCCCCCCCCCCCCCCCCC.[Ca+2]. The number of carboxylic acid groups (broad SMARTS) is 2. The van der Waals surface area contributed by atoms with Crippen LogP contribution in [0.15, 0.2) is 24.3 Å². The molecule has 0 aromatic carbocycles. The first-order valence-corrected chi connectivity index (χ1v) is 39.3. The number of carbonyl (C=O) groups excluding carboxylic acids is 2. The molecular weight excluding hydrogens is 1130 g/mol. The molecule has 520 valence electrons. The zero-order valence-electron chi connectivity index (χ0n) is 60.2. The van der Waals surface area contributed by atoms with Gasteiger partial charge in [-0.3, -0.25) is 19.2 Å². The van der Waals surface area contributed by atoms with Crippen molar-refractivity contribution in [3.8, 4) is 0 Å². The maximum atomic E-state index is 12.5. The van der Waals surface area contributed by atoms with Crippen LogP contribution in [-0.4, -0.2) is 85.0 Å². The Kier molecular flexibility index (Phi) is 83.4. The summed E-state index contributed by atoms with van der Waals surface area (Å²) in [6.07, 6.45) is 88.1. The molecule has 0 fully saturated rings. The summed E-state index contributed by atoms with van der Waals surface area (Å²) in [5.74, 6) is -3.70. The normalized spacial score (nSPS) is 12.1. The van der Waals surface area contributed by atoms with Crippen LogP contribution < -0.4 is 0 Å². The van der Waals surface area contributed by atoms with E-state index in [9.17, 15) is 29.4 Å². The van der Waals surface area contributed by atoms with Gasteiger partial charge in [-0.1, -0.05) is 399 Å². The molecule has 0 radical (unpaired) electrons. The smallest absolute Gasteiger partial charge is 0.481 e. The van der Waals surface area contributed by atoms with Gasteiger partial charge in [0.2, 0.25) is 0 Å². The Morgan fingerprint density at radius 3 is 0.607 bits per heavy atom. The van der Waals surface area contributed by atoms with Crippen LogP contribution in [0.5, 0.6) is 0 Å². The van der Waals surface area contributed by atoms with Gasteiger partial charge in [0.15, 0.2) is 0 Å². The van der Waals surface area contributed by atoms with E-state index in [-0.39, 0.29) is 62.5 Å². The number of carboxylic acids is 2. The molecule has 0 amide bonds. The summed E-state index contributed by atoms with van der Waals surface area (Å²) in [5.41, 5.74) is 0. The Bertz CT molecular complexity index is 1370. The van der Waals surface area contributed by atoms with E-state index in [4.69, 9.17) is 9.47 Å². The summed E-state index contributed by atoms with van der Waals surface area (Å²) in [6.45, 7) is 9.93. The third-order valence-electron chi connectivity index (χ3n) is 18.1. The molecule has 0 aliphatic heterocycles. The summed E-state index contributed by atoms with van der Waals surface area (Å²) in [6, 6.07) is 0. The van der Waals surface area contributed by atoms with E-state index < -0.39 is 23.8 Å². The first-order chi connectivity index (χ1) is 43.2. The van der Waals surface area contributed by atoms with Gasteiger partial charge < -0.3 is 19.7 Å². The molecule has 0 bridgehead atoms. The van der Waals surface area contributed by atoms with Gasteiger partial charge in [-0.2, -0.15) is 0 Å². The molecule has 0 saturated carbocycles. The fourth-order valence-electron chi connectivity index (χ4n) is 12.1. The van der Waals surface area contributed by atoms with Crippen LogP contribution in [0.1, 0.15) is 439 Å². The standard InChI is InChI=1S/2C40H76O4.Ca/c2*1-3-5-7-9-11-13-15-17-19-21-23-25-27-29-31-33-35-38(37-39(41)42)40(43)44-36-34-32-30-28-26-24-22-20-18-16-14-12-10-8-6-4-2;/h2*31,33,38H,3-30,32,34-37H2,1-2H3,(H,41,42);/q;;+2. The number of allylic oxidation sites excluding steroid dienone is 4. The number of esters is 2. The number of rotatable bonds is 72. The Hall–Kier alpha value is -1.38. The molecule has 0 aromatic rings. The average Bonchev–Trinajstić information content (AvgIpc) is 3.57. The molecule has 0 saturated heterocycles. The molecular formula is C80H152CaO8+2. The number of aliphatic carboxylic acids is 2. The van der Waals surface area contributed by atoms with Gasteiger partial charge in [-0.05, 0) is 51.4 Å². The van der Waals surface area contributed by atoms with Gasteiger partial charge in [0.1, 0.15) is 0 Å². The van der Waals surface area contributed by atoms with Crippen molar-refractivity contribution in [1.29, 1.82) is 0 Å². The number of hydrogen-bond acceptors (Lipinski definition) is 6. The third-order valence-corrected chi connectivity index (χ3v) is 18.1. The van der Waals surface area contributed by atoms with Gasteiger partial charge in [-0.15, -0.1) is 0 Å². The van der Waals surface area contributed by atoms with Crippen LogP contribution in [-0.2, 0) is 28.7 Å². The van der Waals surface area contributed by atoms with Crippen LogP contribution in [0, 0.1) is 11.8 Å². The predicted octanol–water partition coefficient (Wildman–Crippen LogP) is 26.2. The molecule has 9 heteroatoms. The third kappa shape index (κ3) is 79.0. The summed E-state index contributed by atoms with van der Waals surface area (Å²) >= 11 is 0. The molecule has 0 aliphatic rings. The van der Waals surface area contributed by atoms with Crippen LogP contribution in [0.3, 0.4) is 0 Å². The number of unbranched alkanes of at least 4 members (excludes halogenated alkanes) is 56. The fraction of sp³-hybridized carbons (Fsp3) is 0.900. The van der Waals surface area contributed by atoms with E-state index in [0.717, 1.165) is 38.5 Å². The molecule has 0 spiro atoms. The second-order valence-electron chi connectivity index (χ2n) is 27.0. The Labute approximate surface area is 584 Å². The number of carbonyl (C=O) groups is 4. The van der Waals surface area contributed by atoms with Crippen LogP contribution in [0.2, 0.25) is 0 Å². The van der Waals surface area contributed by atoms with Crippen molar-refractivity contribution in [3.63, 3.8) is 0 Å². The van der Waals surface area contributed by atoms with Crippen molar-refractivity contribution in [3.05, 3.63) is 24.3 Å². The van der Waals surface area contributed by atoms with Crippen molar-refractivity contribution in [2.24, 2.45) is 11.8 Å². The van der Waals surface area contributed by atoms with Crippen molar-refractivity contribution in [2.75, 3.05) is 13.2 Å². The quantitative estimate of drug-likeness (QED) is 0.0267. The maximum absolute atomic E-state index is 12.5. The van der Waals surface area contributed by atoms with E-state index in [1.54, 1.807) is 0 Å². The molecule has 0 heterocycles. The fourth-order valence-corrected chi connectivity index (χ4v) is 12.1. The van der Waals surface area contributed by atoms with E-state index in [1.165, 1.54) is 347 Å². The largest absolute Gasteiger partial charge is 2.00 e. The molecule has 2 N–H and O–H groups in total. The van der Waals surface area contributed by atoms with E-state index >= 15 is 0 Å². The van der Waals surface area contributed by atoms with Crippen molar-refractivity contribution in [1.82, 2.24) is 0 Å². The maximum Gasteiger partial charge on any atom is 2.00 e. The van der Waals surface area contributed by atoms with Gasteiger partial charge in [0, 0.05) is 0 Å². The zero-order chi connectivity index (χ0) is 64.4. The van der Waals surface area contributed by atoms with Gasteiger partial charge in [0.05, 0.1) is 37.9 Å². The van der Waals surface area contributed by atoms with Crippen LogP contribution >= 0.6 is 0 Å². The van der Waals surface area contributed by atoms with Gasteiger partial charge >= 0.3 is 61.6 Å². The molecule has 2 atom stereocenters. The molecule has 2 unspecified atom stereocenters.